The lowest BCUT2D eigenvalue weighted by Gasteiger charge is -2.39. The molecular formula is C13H28N2O2. The average molecular weight is 244 g/mol. The zero-order chi connectivity index (χ0) is 12.7. The molecule has 0 aromatic rings. The maximum absolute atomic E-state index is 9.40. The highest BCUT2D eigenvalue weighted by molar-refractivity contribution is 4.91. The van der Waals surface area contributed by atoms with Gasteiger partial charge < -0.3 is 20.9 Å². The van der Waals surface area contributed by atoms with Crippen molar-refractivity contribution in [3.8, 4) is 0 Å². The largest absolute Gasteiger partial charge is 0.396 e. The van der Waals surface area contributed by atoms with Crippen LogP contribution in [-0.2, 0) is 4.74 Å². The Labute approximate surface area is 105 Å². The molecule has 0 radical (unpaired) electrons. The quantitative estimate of drug-likeness (QED) is 0.622. The predicted octanol–water partition coefficient (Wildman–Crippen LogP) is 0.881. The van der Waals surface area contributed by atoms with Crippen LogP contribution in [0.25, 0.3) is 0 Å². The van der Waals surface area contributed by atoms with Gasteiger partial charge in [0, 0.05) is 25.8 Å². The van der Waals surface area contributed by atoms with Gasteiger partial charge >= 0.3 is 0 Å². The first-order chi connectivity index (χ1) is 8.15. The van der Waals surface area contributed by atoms with Crippen LogP contribution in [0.2, 0.25) is 0 Å². The average Bonchev–Trinajstić information content (AvgIpc) is 2.37. The summed E-state index contributed by atoms with van der Waals surface area (Å²) in [4.78, 5) is 0. The molecule has 17 heavy (non-hydrogen) atoms. The number of nitrogens with two attached hydrogens (primary N) is 1. The molecule has 0 heterocycles. The molecule has 1 aliphatic carbocycles. The smallest absolute Gasteiger partial charge is 0.0657 e. The second-order valence-electron chi connectivity index (χ2n) is 5.38. The van der Waals surface area contributed by atoms with E-state index in [9.17, 15) is 5.11 Å². The van der Waals surface area contributed by atoms with Gasteiger partial charge in [0.15, 0.2) is 0 Å². The molecule has 0 aromatic heterocycles. The molecule has 1 fully saturated rings. The second-order valence-corrected chi connectivity index (χ2v) is 5.38. The minimum atomic E-state index is -0.175. The van der Waals surface area contributed by atoms with E-state index in [2.05, 4.69) is 12.2 Å². The van der Waals surface area contributed by atoms with Gasteiger partial charge in [-0.2, -0.15) is 0 Å². The Morgan fingerprint density at radius 3 is 2.71 bits per heavy atom. The highest BCUT2D eigenvalue weighted by Gasteiger charge is 2.31. The number of rotatable bonds is 7. The van der Waals surface area contributed by atoms with E-state index in [4.69, 9.17) is 10.5 Å². The van der Waals surface area contributed by atoms with Crippen molar-refractivity contribution in [3.63, 3.8) is 0 Å². The number of hydrogen-bond acceptors (Lipinski definition) is 4. The molecule has 0 saturated heterocycles. The van der Waals surface area contributed by atoms with Crippen molar-refractivity contribution in [2.24, 2.45) is 11.7 Å². The third kappa shape index (κ3) is 4.54. The van der Waals surface area contributed by atoms with E-state index < -0.39 is 0 Å². The van der Waals surface area contributed by atoms with E-state index in [0.717, 1.165) is 12.8 Å². The fourth-order valence-electron chi connectivity index (χ4n) is 2.55. The van der Waals surface area contributed by atoms with Gasteiger partial charge in [0.2, 0.25) is 0 Å². The summed E-state index contributed by atoms with van der Waals surface area (Å²) in [6, 6.07) is 0.378. The zero-order valence-corrected chi connectivity index (χ0v) is 11.2. The van der Waals surface area contributed by atoms with Crippen molar-refractivity contribution in [1.82, 2.24) is 5.32 Å². The van der Waals surface area contributed by atoms with Crippen LogP contribution in [0.1, 0.15) is 39.5 Å². The third-order valence-electron chi connectivity index (χ3n) is 3.75. The van der Waals surface area contributed by atoms with Crippen LogP contribution in [0.4, 0.5) is 0 Å². The Hall–Kier alpha value is -0.160. The number of hydrogen-bond donors (Lipinski definition) is 3. The molecule has 1 rings (SSSR count). The van der Waals surface area contributed by atoms with Gasteiger partial charge in [-0.15, -0.1) is 0 Å². The summed E-state index contributed by atoms with van der Waals surface area (Å²) in [5, 5.41) is 13.0. The number of aliphatic hydroxyl groups excluding tert-OH is 1. The molecular weight excluding hydrogens is 216 g/mol. The Bertz CT molecular complexity index is 214. The molecule has 1 aliphatic rings. The number of nitrogens with one attached hydrogen (secondary N) is 1. The van der Waals surface area contributed by atoms with Gasteiger partial charge in [-0.05, 0) is 32.6 Å². The molecule has 0 spiro atoms. The Morgan fingerprint density at radius 2 is 2.12 bits per heavy atom. The summed E-state index contributed by atoms with van der Waals surface area (Å²) in [6.07, 6.45) is 4.72. The summed E-state index contributed by atoms with van der Waals surface area (Å²) >= 11 is 0. The first-order valence-electron chi connectivity index (χ1n) is 6.81. The van der Waals surface area contributed by atoms with Gasteiger partial charge in [-0.1, -0.05) is 12.8 Å². The van der Waals surface area contributed by atoms with E-state index in [1.54, 1.807) is 0 Å². The third-order valence-corrected chi connectivity index (χ3v) is 3.75. The fourth-order valence-corrected chi connectivity index (χ4v) is 2.55. The van der Waals surface area contributed by atoms with E-state index in [0.29, 0.717) is 31.7 Å². The van der Waals surface area contributed by atoms with Crippen LogP contribution < -0.4 is 11.1 Å². The lowest BCUT2D eigenvalue weighted by molar-refractivity contribution is 0.0623. The Kier molecular flexibility index (Phi) is 6.41. The maximum atomic E-state index is 9.40. The normalized spacial score (nSPS) is 28.9. The first-order valence-corrected chi connectivity index (χ1v) is 6.81. The first kappa shape index (κ1) is 14.9. The molecule has 1 saturated carbocycles. The molecule has 0 amide bonds. The lowest BCUT2D eigenvalue weighted by Crippen LogP contribution is -2.58. The minimum Gasteiger partial charge on any atom is -0.396 e. The molecule has 0 bridgehead atoms. The lowest BCUT2D eigenvalue weighted by atomic mass is 9.83. The molecule has 102 valence electrons. The van der Waals surface area contributed by atoms with Crippen LogP contribution in [0, 0.1) is 5.92 Å². The highest BCUT2D eigenvalue weighted by Crippen LogP contribution is 2.25. The number of ether oxygens (including phenoxy) is 1. The summed E-state index contributed by atoms with van der Waals surface area (Å²) in [7, 11) is 0. The molecule has 4 nitrogen and oxygen atoms in total. The summed E-state index contributed by atoms with van der Waals surface area (Å²) in [5.74, 6) is 0.372. The monoisotopic (exact) mass is 244 g/mol. The number of aliphatic hydroxyl groups is 1. The van der Waals surface area contributed by atoms with Gasteiger partial charge in [0.05, 0.1) is 12.1 Å². The van der Waals surface area contributed by atoms with Crippen LogP contribution in [0.3, 0.4) is 0 Å². The maximum Gasteiger partial charge on any atom is 0.0657 e. The topological polar surface area (TPSA) is 67.5 Å². The van der Waals surface area contributed by atoms with Gasteiger partial charge in [0.1, 0.15) is 0 Å². The van der Waals surface area contributed by atoms with E-state index in [1.165, 1.54) is 12.8 Å². The zero-order valence-electron chi connectivity index (χ0n) is 11.2. The summed E-state index contributed by atoms with van der Waals surface area (Å²) in [6.45, 7) is 6.27. The van der Waals surface area contributed by atoms with E-state index >= 15 is 0 Å². The molecule has 0 aliphatic heterocycles. The van der Waals surface area contributed by atoms with E-state index in [1.807, 2.05) is 6.92 Å². The van der Waals surface area contributed by atoms with Crippen molar-refractivity contribution in [3.05, 3.63) is 0 Å². The van der Waals surface area contributed by atoms with Gasteiger partial charge in [-0.25, -0.2) is 0 Å². The van der Waals surface area contributed by atoms with E-state index in [-0.39, 0.29) is 12.1 Å². The van der Waals surface area contributed by atoms with Crippen molar-refractivity contribution in [2.75, 3.05) is 26.4 Å². The highest BCUT2D eigenvalue weighted by atomic mass is 16.5. The van der Waals surface area contributed by atoms with Crippen molar-refractivity contribution in [2.45, 2.75) is 51.1 Å². The van der Waals surface area contributed by atoms with Gasteiger partial charge in [0.25, 0.3) is 0 Å². The van der Waals surface area contributed by atoms with Gasteiger partial charge in [-0.3, -0.25) is 0 Å². The molecule has 0 aromatic carbocycles. The summed E-state index contributed by atoms with van der Waals surface area (Å²) in [5.41, 5.74) is 5.67. The van der Waals surface area contributed by atoms with Crippen LogP contribution in [0.5, 0.6) is 0 Å². The fraction of sp³-hybridized carbons (Fsp3) is 1.00. The van der Waals surface area contributed by atoms with Crippen molar-refractivity contribution >= 4 is 0 Å². The molecule has 3 unspecified atom stereocenters. The van der Waals surface area contributed by atoms with Crippen molar-refractivity contribution < 1.29 is 9.84 Å². The Balaban J connectivity index is 2.52. The Morgan fingerprint density at radius 1 is 1.41 bits per heavy atom. The SMILES string of the molecule is CCOCC(C)(CN)NC1CCCCC1CO. The second kappa shape index (κ2) is 7.31. The predicted molar refractivity (Wildman–Crippen MR) is 69.9 cm³/mol. The van der Waals surface area contributed by atoms with Crippen LogP contribution in [-0.4, -0.2) is 43.1 Å². The standard InChI is InChI=1S/C13H28N2O2/c1-3-17-10-13(2,9-14)15-12-7-5-4-6-11(12)8-16/h11-12,15-16H,3-10,14H2,1-2H3. The van der Waals surface area contributed by atoms with Crippen LogP contribution in [0.15, 0.2) is 0 Å². The molecule has 4 N–H and O–H groups in total. The molecule has 3 atom stereocenters. The van der Waals surface area contributed by atoms with Crippen molar-refractivity contribution in [1.29, 1.82) is 0 Å². The minimum absolute atomic E-state index is 0.175. The molecule has 4 heteroatoms. The van der Waals surface area contributed by atoms with Crippen LogP contribution >= 0.6 is 0 Å². The summed E-state index contributed by atoms with van der Waals surface area (Å²) < 4.78 is 5.49.